The predicted octanol–water partition coefficient (Wildman–Crippen LogP) is 5.66. The van der Waals surface area contributed by atoms with Crippen molar-refractivity contribution in [2.24, 2.45) is 0 Å². The van der Waals surface area contributed by atoms with E-state index >= 15 is 0 Å². The second-order valence-electron chi connectivity index (χ2n) is 9.67. The first-order valence-corrected chi connectivity index (χ1v) is 13.8. The standard InChI is InChI=1S/C31H25N3O8S/c1-17-15-21(11-14-23(17)42-16-19-7-5-4-6-8-19)26(35)24-25(20-9-12-22(13-10-20)34(39)40)33(29(37)27(24)36)31-32-18(2)28(43-31)30(38)41-3/h4-15,25,35H,16H2,1-3H3/b26-24+. The molecule has 43 heavy (non-hydrogen) atoms. The number of thiazole rings is 1. The molecule has 2 heterocycles. The lowest BCUT2D eigenvalue weighted by molar-refractivity contribution is -0.384. The van der Waals surface area contributed by atoms with Gasteiger partial charge < -0.3 is 14.6 Å². The first kappa shape index (κ1) is 29.1. The molecule has 1 atom stereocenters. The third kappa shape index (κ3) is 5.60. The van der Waals surface area contributed by atoms with Gasteiger partial charge in [0.25, 0.3) is 11.5 Å². The number of carbonyl (C=O) groups excluding carboxylic acids is 3. The lowest BCUT2D eigenvalue weighted by Gasteiger charge is -2.23. The third-order valence-electron chi connectivity index (χ3n) is 6.91. The number of carbonyl (C=O) groups is 3. The molecular weight excluding hydrogens is 574 g/mol. The summed E-state index contributed by atoms with van der Waals surface area (Å²) in [6.07, 6.45) is 0. The third-order valence-corrected chi connectivity index (χ3v) is 8.05. The van der Waals surface area contributed by atoms with Gasteiger partial charge in [-0.05, 0) is 60.9 Å². The fraction of sp³-hybridized carbons (Fsp3) is 0.161. The van der Waals surface area contributed by atoms with Gasteiger partial charge in [-0.25, -0.2) is 9.78 Å². The van der Waals surface area contributed by atoms with Crippen LogP contribution in [0.25, 0.3) is 5.76 Å². The summed E-state index contributed by atoms with van der Waals surface area (Å²) in [7, 11) is 1.21. The first-order valence-electron chi connectivity index (χ1n) is 13.0. The molecule has 11 nitrogen and oxygen atoms in total. The summed E-state index contributed by atoms with van der Waals surface area (Å²) in [5.74, 6) is -2.48. The van der Waals surface area contributed by atoms with Gasteiger partial charge in [0.1, 0.15) is 23.0 Å². The van der Waals surface area contributed by atoms with Crippen molar-refractivity contribution in [3.63, 3.8) is 0 Å². The molecule has 0 spiro atoms. The number of rotatable bonds is 8. The van der Waals surface area contributed by atoms with Crippen molar-refractivity contribution in [3.05, 3.63) is 121 Å². The molecule has 0 radical (unpaired) electrons. The van der Waals surface area contributed by atoms with Gasteiger partial charge in [-0.1, -0.05) is 41.7 Å². The van der Waals surface area contributed by atoms with Crippen LogP contribution >= 0.6 is 11.3 Å². The average Bonchev–Trinajstić information content (AvgIpc) is 3.52. The number of nitro groups is 1. The zero-order valence-electron chi connectivity index (χ0n) is 23.3. The molecular formula is C31H25N3O8S. The minimum Gasteiger partial charge on any atom is -0.507 e. The molecule has 1 amide bonds. The molecule has 218 valence electrons. The minimum atomic E-state index is -1.19. The van der Waals surface area contributed by atoms with E-state index in [0.29, 0.717) is 23.5 Å². The summed E-state index contributed by atoms with van der Waals surface area (Å²) < 4.78 is 10.7. The average molecular weight is 600 g/mol. The van der Waals surface area contributed by atoms with Crippen molar-refractivity contribution in [1.82, 2.24) is 4.98 Å². The second-order valence-corrected chi connectivity index (χ2v) is 10.7. The van der Waals surface area contributed by atoms with E-state index in [1.165, 1.54) is 31.4 Å². The molecule has 1 saturated heterocycles. The molecule has 1 aromatic heterocycles. The van der Waals surface area contributed by atoms with Gasteiger partial charge in [0, 0.05) is 17.7 Å². The summed E-state index contributed by atoms with van der Waals surface area (Å²) >= 11 is 0.858. The number of aliphatic hydroxyl groups is 1. The van der Waals surface area contributed by atoms with Gasteiger partial charge in [-0.2, -0.15) is 0 Å². The van der Waals surface area contributed by atoms with Crippen LogP contribution in [0.2, 0.25) is 0 Å². The van der Waals surface area contributed by atoms with E-state index < -0.39 is 34.4 Å². The zero-order chi connectivity index (χ0) is 30.8. The topological polar surface area (TPSA) is 149 Å². The van der Waals surface area contributed by atoms with Crippen LogP contribution < -0.4 is 9.64 Å². The molecule has 1 N–H and O–H groups in total. The fourth-order valence-electron chi connectivity index (χ4n) is 4.74. The molecule has 12 heteroatoms. The maximum atomic E-state index is 13.5. The van der Waals surface area contributed by atoms with E-state index in [1.54, 1.807) is 32.0 Å². The largest absolute Gasteiger partial charge is 0.507 e. The van der Waals surface area contributed by atoms with Crippen molar-refractivity contribution in [1.29, 1.82) is 0 Å². The van der Waals surface area contributed by atoms with Gasteiger partial charge in [-0.3, -0.25) is 24.6 Å². The van der Waals surface area contributed by atoms with Crippen LogP contribution in [-0.4, -0.2) is 39.8 Å². The summed E-state index contributed by atoms with van der Waals surface area (Å²) in [4.78, 5) is 55.5. The number of aryl methyl sites for hydroxylation is 2. The van der Waals surface area contributed by atoms with Crippen molar-refractivity contribution in [2.75, 3.05) is 12.0 Å². The van der Waals surface area contributed by atoms with E-state index in [4.69, 9.17) is 9.47 Å². The van der Waals surface area contributed by atoms with E-state index in [2.05, 4.69) is 4.98 Å². The molecule has 1 unspecified atom stereocenters. The Kier molecular flexibility index (Phi) is 8.04. The highest BCUT2D eigenvalue weighted by atomic mass is 32.1. The second kappa shape index (κ2) is 11.9. The van der Waals surface area contributed by atoms with Gasteiger partial charge in [-0.15, -0.1) is 0 Å². The molecule has 1 fully saturated rings. The Bertz CT molecular complexity index is 1780. The highest BCUT2D eigenvalue weighted by Gasteiger charge is 2.48. The molecule has 1 aliphatic heterocycles. The van der Waals surface area contributed by atoms with Crippen LogP contribution in [0.4, 0.5) is 10.8 Å². The van der Waals surface area contributed by atoms with Crippen LogP contribution in [0, 0.1) is 24.0 Å². The van der Waals surface area contributed by atoms with Gasteiger partial charge in [0.15, 0.2) is 5.13 Å². The van der Waals surface area contributed by atoms with E-state index in [0.717, 1.165) is 21.8 Å². The number of esters is 1. The SMILES string of the molecule is COC(=O)c1sc(N2C(=O)C(=O)/C(=C(/O)c3ccc(OCc4ccccc4)c(C)c3)C2c2ccc([N+](=O)[O-])cc2)nc1C. The Balaban J connectivity index is 1.59. The number of anilines is 1. The van der Waals surface area contributed by atoms with Crippen molar-refractivity contribution >= 4 is 45.6 Å². The van der Waals surface area contributed by atoms with Gasteiger partial charge in [0.05, 0.1) is 29.3 Å². The number of ether oxygens (including phenoxy) is 2. The monoisotopic (exact) mass is 599 g/mol. The number of ketones is 1. The molecule has 3 aromatic carbocycles. The van der Waals surface area contributed by atoms with Crippen LogP contribution in [0.3, 0.4) is 0 Å². The van der Waals surface area contributed by atoms with Crippen molar-refractivity contribution in [3.8, 4) is 5.75 Å². The van der Waals surface area contributed by atoms with E-state index in [9.17, 15) is 29.6 Å². The molecule has 0 bridgehead atoms. The number of non-ortho nitro benzene ring substituents is 1. The van der Waals surface area contributed by atoms with Crippen LogP contribution in [0.15, 0.2) is 78.4 Å². The molecule has 0 aliphatic carbocycles. The highest BCUT2D eigenvalue weighted by Crippen LogP contribution is 2.44. The maximum Gasteiger partial charge on any atom is 0.350 e. The Morgan fingerprint density at radius 3 is 2.40 bits per heavy atom. The number of hydrogen-bond donors (Lipinski definition) is 1. The molecule has 5 rings (SSSR count). The molecule has 4 aromatic rings. The number of aliphatic hydroxyl groups excluding tert-OH is 1. The first-order chi connectivity index (χ1) is 20.6. The van der Waals surface area contributed by atoms with Gasteiger partial charge >= 0.3 is 11.9 Å². The summed E-state index contributed by atoms with van der Waals surface area (Å²) in [6, 6.07) is 18.6. The number of benzene rings is 3. The summed E-state index contributed by atoms with van der Waals surface area (Å²) in [6.45, 7) is 3.68. The summed E-state index contributed by atoms with van der Waals surface area (Å²) in [5, 5.41) is 22.8. The maximum absolute atomic E-state index is 13.5. The normalized spacial score (nSPS) is 15.9. The zero-order valence-corrected chi connectivity index (χ0v) is 24.1. The number of amides is 1. The van der Waals surface area contributed by atoms with Crippen LogP contribution in [0.1, 0.15) is 43.7 Å². The fourth-order valence-corrected chi connectivity index (χ4v) is 5.75. The number of nitro benzene ring substituents is 1. The number of methoxy groups -OCH3 is 1. The lowest BCUT2D eigenvalue weighted by atomic mass is 9.94. The molecule has 0 saturated carbocycles. The number of nitrogens with zero attached hydrogens (tertiary/aromatic N) is 3. The van der Waals surface area contributed by atoms with Gasteiger partial charge in [0.2, 0.25) is 0 Å². The van der Waals surface area contributed by atoms with E-state index in [1.807, 2.05) is 30.3 Å². The van der Waals surface area contributed by atoms with Crippen LogP contribution in [-0.2, 0) is 20.9 Å². The Morgan fingerprint density at radius 2 is 1.77 bits per heavy atom. The lowest BCUT2D eigenvalue weighted by Crippen LogP contribution is -2.29. The smallest absolute Gasteiger partial charge is 0.350 e. The summed E-state index contributed by atoms with van der Waals surface area (Å²) in [5.41, 5.74) is 2.10. The minimum absolute atomic E-state index is 0.0308. The van der Waals surface area contributed by atoms with Crippen molar-refractivity contribution in [2.45, 2.75) is 26.5 Å². The quantitative estimate of drug-likeness (QED) is 0.0676. The Hall–Kier alpha value is -5.36. The Labute approximate surface area is 249 Å². The van der Waals surface area contributed by atoms with Crippen molar-refractivity contribution < 1.29 is 33.9 Å². The number of hydrogen-bond acceptors (Lipinski definition) is 10. The number of Topliss-reactive ketones (excluding diaryl/α,β-unsaturated/α-hetero) is 1. The highest BCUT2D eigenvalue weighted by molar-refractivity contribution is 7.17. The molecule has 1 aliphatic rings. The number of aromatic nitrogens is 1. The predicted molar refractivity (Wildman–Crippen MR) is 158 cm³/mol. The van der Waals surface area contributed by atoms with E-state index in [-0.39, 0.29) is 32.5 Å². The van der Waals surface area contributed by atoms with Crippen LogP contribution in [0.5, 0.6) is 5.75 Å². The Morgan fingerprint density at radius 1 is 1.07 bits per heavy atom.